The summed E-state index contributed by atoms with van der Waals surface area (Å²) in [5.74, 6) is -1.41. The third kappa shape index (κ3) is 7.78. The lowest BCUT2D eigenvalue weighted by atomic mass is 10.2. The number of anilines is 2. The van der Waals surface area contributed by atoms with Gasteiger partial charge in [0.15, 0.2) is 0 Å². The molecule has 2 atom stereocenters. The van der Waals surface area contributed by atoms with Crippen LogP contribution < -0.4 is 26.2 Å². The highest BCUT2D eigenvalue weighted by Gasteiger charge is 2.33. The fourth-order valence-electron chi connectivity index (χ4n) is 3.41. The maximum atomic E-state index is 14.6. The van der Waals surface area contributed by atoms with Gasteiger partial charge in [0.05, 0.1) is 36.6 Å². The number of nitrogens with zero attached hydrogens (tertiary/aromatic N) is 2. The summed E-state index contributed by atoms with van der Waals surface area (Å²) in [7, 11) is 0. The minimum Gasteiger partial charge on any atom is -0.450 e. The van der Waals surface area contributed by atoms with Crippen molar-refractivity contribution in [3.05, 3.63) is 54.1 Å². The fraction of sp³-hybridized carbons (Fsp3) is 0.375. The number of hydrogen-bond acceptors (Lipinski definition) is 8. The van der Waals surface area contributed by atoms with Gasteiger partial charge in [0.1, 0.15) is 18.0 Å². The quantitative estimate of drug-likeness (QED) is 0.329. The van der Waals surface area contributed by atoms with Crippen LogP contribution in [0.4, 0.5) is 25.4 Å². The van der Waals surface area contributed by atoms with Crippen molar-refractivity contribution in [3.8, 4) is 0 Å². The molecule has 13 heteroatoms. The van der Waals surface area contributed by atoms with Crippen molar-refractivity contribution < 1.29 is 33.0 Å². The lowest BCUT2D eigenvalue weighted by Crippen LogP contribution is -2.45. The van der Waals surface area contributed by atoms with Crippen LogP contribution in [0.2, 0.25) is 0 Å². The summed E-state index contributed by atoms with van der Waals surface area (Å²) < 4.78 is 24.6. The van der Waals surface area contributed by atoms with Gasteiger partial charge in [0.2, 0.25) is 5.91 Å². The first kappa shape index (κ1) is 27.2. The van der Waals surface area contributed by atoms with Gasteiger partial charge in [-0.3, -0.25) is 19.5 Å². The minimum atomic E-state index is -0.778. The van der Waals surface area contributed by atoms with Crippen molar-refractivity contribution in [2.45, 2.75) is 26.0 Å². The summed E-state index contributed by atoms with van der Waals surface area (Å²) >= 11 is 0. The summed E-state index contributed by atoms with van der Waals surface area (Å²) in [6.45, 7) is 4.06. The number of benzene rings is 1. The summed E-state index contributed by atoms with van der Waals surface area (Å²) in [6, 6.07) is 6.66. The van der Waals surface area contributed by atoms with Crippen molar-refractivity contribution in [2.24, 2.45) is 0 Å². The van der Waals surface area contributed by atoms with E-state index in [0.29, 0.717) is 11.3 Å². The minimum absolute atomic E-state index is 0.0701. The van der Waals surface area contributed by atoms with Crippen molar-refractivity contribution in [3.63, 3.8) is 0 Å². The fourth-order valence-corrected chi connectivity index (χ4v) is 3.41. The van der Waals surface area contributed by atoms with Crippen LogP contribution >= 0.6 is 0 Å². The molecule has 1 aromatic heterocycles. The zero-order valence-corrected chi connectivity index (χ0v) is 20.5. The van der Waals surface area contributed by atoms with E-state index in [-0.39, 0.29) is 38.5 Å². The van der Waals surface area contributed by atoms with Crippen LogP contribution in [-0.4, -0.2) is 73.9 Å². The van der Waals surface area contributed by atoms with Crippen LogP contribution in [0.25, 0.3) is 0 Å². The van der Waals surface area contributed by atoms with Gasteiger partial charge in [-0.15, -0.1) is 0 Å². The van der Waals surface area contributed by atoms with Gasteiger partial charge in [-0.2, -0.15) is 0 Å². The summed E-state index contributed by atoms with van der Waals surface area (Å²) in [6.07, 6.45) is 1.08. The van der Waals surface area contributed by atoms with Crippen molar-refractivity contribution in [2.75, 3.05) is 43.0 Å². The average molecular weight is 517 g/mol. The molecule has 3 rings (SSSR count). The molecule has 1 aliphatic rings. The van der Waals surface area contributed by atoms with Crippen molar-refractivity contribution in [1.82, 2.24) is 20.9 Å². The molecule has 4 amide bonds. The molecule has 2 aromatic rings. The molecule has 198 valence electrons. The largest absolute Gasteiger partial charge is 0.450 e. The number of cyclic esters (lactones) is 1. The Morgan fingerprint density at radius 2 is 2.05 bits per heavy atom. The topological polar surface area (TPSA) is 151 Å². The second kappa shape index (κ2) is 13.0. The van der Waals surface area contributed by atoms with E-state index in [4.69, 9.17) is 9.47 Å². The second-order valence-electron chi connectivity index (χ2n) is 8.04. The Bertz CT molecular complexity index is 1120. The van der Waals surface area contributed by atoms with Crippen LogP contribution in [0.3, 0.4) is 0 Å². The number of halogens is 1. The molecule has 1 fully saturated rings. The Morgan fingerprint density at radius 3 is 2.76 bits per heavy atom. The highest BCUT2D eigenvalue weighted by atomic mass is 19.1. The third-order valence-corrected chi connectivity index (χ3v) is 5.29. The number of amides is 4. The maximum Gasteiger partial charge on any atom is 0.414 e. The predicted octanol–water partition coefficient (Wildman–Crippen LogP) is 1.64. The molecule has 0 radical (unpaired) electrons. The molecule has 0 spiro atoms. The van der Waals surface area contributed by atoms with Crippen molar-refractivity contribution in [1.29, 1.82) is 0 Å². The van der Waals surface area contributed by atoms with Gasteiger partial charge >= 0.3 is 12.2 Å². The number of nitrogens with one attached hydrogen (secondary N) is 4. The summed E-state index contributed by atoms with van der Waals surface area (Å²) in [4.78, 5) is 53.1. The zero-order valence-electron chi connectivity index (χ0n) is 20.5. The molecular weight excluding hydrogens is 487 g/mol. The first-order chi connectivity index (χ1) is 17.8. The summed E-state index contributed by atoms with van der Waals surface area (Å²) in [5.41, 5.74) is 0.830. The summed E-state index contributed by atoms with van der Waals surface area (Å²) in [5, 5.41) is 10.6. The number of hydrogen-bond donors (Lipinski definition) is 4. The number of rotatable bonds is 11. The van der Waals surface area contributed by atoms with Gasteiger partial charge in [0.25, 0.3) is 5.91 Å². The Labute approximate surface area is 212 Å². The Balaban J connectivity index is 1.42. The Kier molecular flexibility index (Phi) is 9.58. The van der Waals surface area contributed by atoms with E-state index in [1.54, 1.807) is 38.2 Å². The molecule has 37 heavy (non-hydrogen) atoms. The van der Waals surface area contributed by atoms with Crippen molar-refractivity contribution >= 4 is 35.4 Å². The van der Waals surface area contributed by atoms with E-state index in [0.717, 1.165) is 0 Å². The van der Waals surface area contributed by atoms with E-state index < -0.39 is 42.0 Å². The molecule has 12 nitrogen and oxygen atoms in total. The van der Waals surface area contributed by atoms with Crippen LogP contribution in [-0.2, 0) is 14.3 Å². The van der Waals surface area contributed by atoms with Crippen LogP contribution in [0.1, 0.15) is 24.2 Å². The average Bonchev–Trinajstić information content (AvgIpc) is 3.27. The van der Waals surface area contributed by atoms with Crippen LogP contribution in [0, 0.1) is 5.82 Å². The third-order valence-electron chi connectivity index (χ3n) is 5.29. The molecule has 1 aromatic carbocycles. The smallest absolute Gasteiger partial charge is 0.414 e. The van der Waals surface area contributed by atoms with Gasteiger partial charge in [-0.25, -0.2) is 14.0 Å². The SMILES string of the molecule is CCOC(=O)NC[C@H]1CN(c2ccc(NCCNC(=O)[C@H](C)NC(=O)c3cccnc3)c(F)c2)C(=O)O1. The second-order valence-corrected chi connectivity index (χ2v) is 8.04. The molecule has 0 aliphatic carbocycles. The molecule has 0 unspecified atom stereocenters. The molecule has 2 heterocycles. The number of pyridine rings is 1. The standard InChI is InChI=1S/C24H29FN6O6/c1-3-36-23(34)29-13-18-14-31(24(35)37-18)17-6-7-20(19(25)11-17)27-9-10-28-21(32)15(2)30-22(33)16-5-4-8-26-12-16/h4-8,11-12,15,18,27H,3,9-10,13-14H2,1-2H3,(H,28,32)(H,29,34)(H,30,33)/t15-,18-/m0/s1. The lowest BCUT2D eigenvalue weighted by Gasteiger charge is -2.16. The zero-order chi connectivity index (χ0) is 26.8. The monoisotopic (exact) mass is 516 g/mol. The van der Waals surface area contributed by atoms with Crippen LogP contribution in [0.15, 0.2) is 42.7 Å². The van der Waals surface area contributed by atoms with Crippen LogP contribution in [0.5, 0.6) is 0 Å². The number of alkyl carbamates (subject to hydrolysis) is 1. The van der Waals surface area contributed by atoms with E-state index in [1.807, 2.05) is 0 Å². The highest BCUT2D eigenvalue weighted by molar-refractivity contribution is 5.97. The molecule has 0 bridgehead atoms. The number of aromatic nitrogens is 1. The molecule has 4 N–H and O–H groups in total. The highest BCUT2D eigenvalue weighted by Crippen LogP contribution is 2.25. The Morgan fingerprint density at radius 1 is 1.24 bits per heavy atom. The maximum absolute atomic E-state index is 14.6. The van der Waals surface area contributed by atoms with E-state index in [2.05, 4.69) is 26.3 Å². The lowest BCUT2D eigenvalue weighted by molar-refractivity contribution is -0.122. The van der Waals surface area contributed by atoms with E-state index in [1.165, 1.54) is 23.2 Å². The predicted molar refractivity (Wildman–Crippen MR) is 132 cm³/mol. The van der Waals surface area contributed by atoms with E-state index >= 15 is 0 Å². The van der Waals surface area contributed by atoms with Gasteiger partial charge in [-0.1, -0.05) is 0 Å². The molecule has 0 saturated carbocycles. The van der Waals surface area contributed by atoms with Gasteiger partial charge in [-0.05, 0) is 44.2 Å². The van der Waals surface area contributed by atoms with E-state index in [9.17, 15) is 23.6 Å². The molecular formula is C24H29FN6O6. The number of ether oxygens (including phenoxy) is 2. The first-order valence-corrected chi connectivity index (χ1v) is 11.7. The van der Waals surface area contributed by atoms with Gasteiger partial charge < -0.3 is 30.7 Å². The number of carbonyl (C=O) groups is 4. The normalized spacial score (nSPS) is 15.4. The first-order valence-electron chi connectivity index (χ1n) is 11.7. The molecule has 1 aliphatic heterocycles. The van der Waals surface area contributed by atoms with Gasteiger partial charge in [0, 0.05) is 25.5 Å². The molecule has 1 saturated heterocycles. The Hall–Kier alpha value is -4.42. The number of carbonyl (C=O) groups excluding carboxylic acids is 4.